The van der Waals surface area contributed by atoms with Crippen LogP contribution in [0.2, 0.25) is 0 Å². The topological polar surface area (TPSA) is 45.8 Å². The summed E-state index contributed by atoms with van der Waals surface area (Å²) in [5, 5.41) is 9.28. The zero-order chi connectivity index (χ0) is 13.4. The molecule has 0 radical (unpaired) electrons. The maximum absolute atomic E-state index is 12.3. The summed E-state index contributed by atoms with van der Waals surface area (Å²) < 4.78 is 1.69. The number of hydrogen-bond donors (Lipinski definition) is 0. The van der Waals surface area contributed by atoms with Crippen LogP contribution < -0.4 is 5.56 Å². The van der Waals surface area contributed by atoms with Crippen LogP contribution >= 0.6 is 0 Å². The van der Waals surface area contributed by atoms with Crippen molar-refractivity contribution in [3.8, 4) is 17.2 Å². The van der Waals surface area contributed by atoms with Crippen molar-refractivity contribution in [2.45, 2.75) is 25.8 Å². The summed E-state index contributed by atoms with van der Waals surface area (Å²) in [6.45, 7) is 2.01. The van der Waals surface area contributed by atoms with E-state index in [2.05, 4.69) is 6.07 Å². The van der Waals surface area contributed by atoms with Crippen molar-refractivity contribution in [3.05, 3.63) is 58.0 Å². The minimum absolute atomic E-state index is 0.164. The molecule has 1 aromatic heterocycles. The zero-order valence-corrected chi connectivity index (χ0v) is 10.8. The van der Waals surface area contributed by atoms with Gasteiger partial charge >= 0.3 is 0 Å². The second kappa shape index (κ2) is 4.40. The zero-order valence-electron chi connectivity index (χ0n) is 10.8. The maximum atomic E-state index is 12.3. The average molecular weight is 250 g/mol. The molecule has 3 heteroatoms. The fourth-order valence-corrected chi connectivity index (χ4v) is 2.27. The van der Waals surface area contributed by atoms with E-state index in [0.717, 1.165) is 29.5 Å². The minimum Gasteiger partial charge on any atom is -0.311 e. The molecule has 1 aromatic carbocycles. The Bertz CT molecular complexity index is 716. The van der Waals surface area contributed by atoms with Crippen molar-refractivity contribution in [2.24, 2.45) is 0 Å². The molecule has 2 aromatic rings. The lowest BCUT2D eigenvalue weighted by Gasteiger charge is -2.08. The fourth-order valence-electron chi connectivity index (χ4n) is 2.27. The number of hydrogen-bond acceptors (Lipinski definition) is 2. The van der Waals surface area contributed by atoms with Crippen molar-refractivity contribution >= 4 is 0 Å². The molecule has 0 N–H and O–H groups in total. The molecule has 1 aliphatic carbocycles. The summed E-state index contributed by atoms with van der Waals surface area (Å²) in [4.78, 5) is 12.3. The van der Waals surface area contributed by atoms with E-state index in [1.54, 1.807) is 4.57 Å². The normalized spacial score (nSPS) is 14.1. The molecule has 0 spiro atoms. The summed E-state index contributed by atoms with van der Waals surface area (Å²) in [6.07, 6.45) is 3.89. The summed E-state index contributed by atoms with van der Waals surface area (Å²) >= 11 is 0. The van der Waals surface area contributed by atoms with Gasteiger partial charge < -0.3 is 4.57 Å². The van der Waals surface area contributed by atoms with Gasteiger partial charge in [0.2, 0.25) is 0 Å². The number of nitriles is 1. The molecule has 1 fully saturated rings. The van der Waals surface area contributed by atoms with Crippen LogP contribution in [0.3, 0.4) is 0 Å². The Morgan fingerprint density at radius 2 is 1.89 bits per heavy atom. The lowest BCUT2D eigenvalue weighted by atomic mass is 10.0. The molecule has 0 bridgehead atoms. The van der Waals surface area contributed by atoms with Crippen molar-refractivity contribution < 1.29 is 0 Å². The van der Waals surface area contributed by atoms with Gasteiger partial charge in [-0.1, -0.05) is 29.8 Å². The molecule has 3 rings (SSSR count). The molecule has 0 atom stereocenters. The van der Waals surface area contributed by atoms with E-state index in [-0.39, 0.29) is 11.1 Å². The van der Waals surface area contributed by atoms with Gasteiger partial charge in [0.05, 0.1) is 0 Å². The second-order valence-electron chi connectivity index (χ2n) is 5.03. The molecule has 1 aliphatic rings. The molecule has 0 amide bonds. The van der Waals surface area contributed by atoms with Crippen molar-refractivity contribution in [2.75, 3.05) is 0 Å². The van der Waals surface area contributed by atoms with Gasteiger partial charge in [0.1, 0.15) is 11.6 Å². The van der Waals surface area contributed by atoms with E-state index in [1.807, 2.05) is 43.5 Å². The number of pyridine rings is 1. The first-order chi connectivity index (χ1) is 9.20. The maximum Gasteiger partial charge on any atom is 0.269 e. The summed E-state index contributed by atoms with van der Waals surface area (Å²) in [6, 6.07) is 12.1. The van der Waals surface area contributed by atoms with Gasteiger partial charge in [-0.15, -0.1) is 0 Å². The second-order valence-corrected chi connectivity index (χ2v) is 5.03. The average Bonchev–Trinajstić information content (AvgIpc) is 3.24. The summed E-state index contributed by atoms with van der Waals surface area (Å²) in [7, 11) is 0. The quantitative estimate of drug-likeness (QED) is 0.822. The van der Waals surface area contributed by atoms with E-state index < -0.39 is 0 Å². The Balaban J connectivity index is 2.17. The van der Waals surface area contributed by atoms with E-state index in [9.17, 15) is 10.1 Å². The Labute approximate surface area is 111 Å². The first-order valence-electron chi connectivity index (χ1n) is 6.43. The smallest absolute Gasteiger partial charge is 0.269 e. The molecule has 1 saturated carbocycles. The van der Waals surface area contributed by atoms with E-state index in [4.69, 9.17) is 0 Å². The van der Waals surface area contributed by atoms with Gasteiger partial charge in [0.15, 0.2) is 0 Å². The van der Waals surface area contributed by atoms with E-state index in [1.165, 1.54) is 0 Å². The molecule has 19 heavy (non-hydrogen) atoms. The van der Waals surface area contributed by atoms with Crippen LogP contribution in [0.5, 0.6) is 0 Å². The number of nitrogens with zero attached hydrogens (tertiary/aromatic N) is 2. The predicted octanol–water partition coefficient (Wildman–Crippen LogP) is 3.03. The molecule has 0 aliphatic heterocycles. The lowest BCUT2D eigenvalue weighted by Crippen LogP contribution is -2.21. The number of aromatic nitrogens is 1. The largest absolute Gasteiger partial charge is 0.311 e. The highest BCUT2D eigenvalue weighted by molar-refractivity contribution is 5.69. The molecular formula is C16H14N2O. The number of benzene rings is 1. The SMILES string of the molecule is Cc1ccc(-c2ccn(C3CC3)c(=O)c2C#N)cc1. The van der Waals surface area contributed by atoms with Gasteiger partial charge in [-0.05, 0) is 31.4 Å². The van der Waals surface area contributed by atoms with Crippen LogP contribution in [-0.4, -0.2) is 4.57 Å². The number of rotatable bonds is 2. The Morgan fingerprint density at radius 3 is 2.47 bits per heavy atom. The number of aryl methyl sites for hydroxylation is 1. The Hall–Kier alpha value is -2.34. The Kier molecular flexibility index (Phi) is 2.72. The van der Waals surface area contributed by atoms with Crippen molar-refractivity contribution in [3.63, 3.8) is 0 Å². The molecule has 3 nitrogen and oxygen atoms in total. The van der Waals surface area contributed by atoms with Crippen LogP contribution in [-0.2, 0) is 0 Å². The van der Waals surface area contributed by atoms with Gasteiger partial charge in [-0.2, -0.15) is 5.26 Å². The third-order valence-corrected chi connectivity index (χ3v) is 3.53. The van der Waals surface area contributed by atoms with Gasteiger partial charge in [0.25, 0.3) is 5.56 Å². The first kappa shape index (κ1) is 11.7. The third-order valence-electron chi connectivity index (χ3n) is 3.53. The van der Waals surface area contributed by atoms with Crippen molar-refractivity contribution in [1.29, 1.82) is 5.26 Å². The molecule has 0 saturated heterocycles. The molecular weight excluding hydrogens is 236 g/mol. The Morgan fingerprint density at radius 1 is 1.21 bits per heavy atom. The monoisotopic (exact) mass is 250 g/mol. The van der Waals surface area contributed by atoms with Crippen LogP contribution in [0, 0.1) is 18.3 Å². The predicted molar refractivity (Wildman–Crippen MR) is 73.9 cm³/mol. The minimum atomic E-state index is -0.164. The fraction of sp³-hybridized carbons (Fsp3) is 0.250. The van der Waals surface area contributed by atoms with Crippen LogP contribution in [0.1, 0.15) is 30.0 Å². The van der Waals surface area contributed by atoms with Crippen LogP contribution in [0.4, 0.5) is 0 Å². The summed E-state index contributed by atoms with van der Waals surface area (Å²) in [5.41, 5.74) is 2.89. The van der Waals surface area contributed by atoms with Gasteiger partial charge in [-0.3, -0.25) is 4.79 Å². The highest BCUT2D eigenvalue weighted by Crippen LogP contribution is 2.34. The van der Waals surface area contributed by atoms with E-state index in [0.29, 0.717) is 6.04 Å². The standard InChI is InChI=1S/C16H14N2O/c1-11-2-4-12(5-3-11)14-8-9-18(13-6-7-13)16(19)15(14)10-17/h2-5,8-9,13H,6-7H2,1H3. The highest BCUT2D eigenvalue weighted by Gasteiger charge is 2.26. The van der Waals surface area contributed by atoms with Gasteiger partial charge in [-0.25, -0.2) is 0 Å². The third kappa shape index (κ3) is 2.06. The highest BCUT2D eigenvalue weighted by atomic mass is 16.1. The molecule has 0 unspecified atom stereocenters. The van der Waals surface area contributed by atoms with E-state index >= 15 is 0 Å². The first-order valence-corrected chi connectivity index (χ1v) is 6.43. The van der Waals surface area contributed by atoms with Crippen LogP contribution in [0.25, 0.3) is 11.1 Å². The van der Waals surface area contributed by atoms with Crippen LogP contribution in [0.15, 0.2) is 41.3 Å². The molecule has 1 heterocycles. The lowest BCUT2D eigenvalue weighted by molar-refractivity contribution is 0.705. The summed E-state index contributed by atoms with van der Waals surface area (Å²) in [5.74, 6) is 0. The molecule has 94 valence electrons. The van der Waals surface area contributed by atoms with Crippen molar-refractivity contribution in [1.82, 2.24) is 4.57 Å². The van der Waals surface area contributed by atoms with Gasteiger partial charge in [0, 0.05) is 17.8 Å².